The van der Waals surface area contributed by atoms with Crippen molar-refractivity contribution in [1.29, 1.82) is 0 Å². The number of aryl methyl sites for hydroxylation is 1. The molecule has 2 aromatic carbocycles. The number of unbranched alkanes of at least 4 members (excludes halogenated alkanes) is 2. The lowest BCUT2D eigenvalue weighted by molar-refractivity contribution is -0.272. The minimum absolute atomic E-state index is 0.211. The third kappa shape index (κ3) is 5.04. The molecule has 0 aliphatic heterocycles. The molecule has 1 atom stereocenters. The van der Waals surface area contributed by atoms with Crippen LogP contribution in [0.4, 0.5) is 22.0 Å². The molecule has 0 saturated carbocycles. The lowest BCUT2D eigenvalue weighted by Crippen LogP contribution is -2.20. The van der Waals surface area contributed by atoms with Crippen LogP contribution in [0.5, 0.6) is 0 Å². The van der Waals surface area contributed by atoms with Gasteiger partial charge in [-0.05, 0) is 43.0 Å². The zero-order valence-corrected chi connectivity index (χ0v) is 14.7. The molecule has 0 saturated heterocycles. The van der Waals surface area contributed by atoms with Gasteiger partial charge in [0.05, 0.1) is 11.7 Å². The Morgan fingerprint density at radius 1 is 0.962 bits per heavy atom. The average Bonchev–Trinajstić information content (AvgIpc) is 2.59. The summed E-state index contributed by atoms with van der Waals surface area (Å²) in [5.41, 5.74) is 0.387. The molecular weight excluding hydrogens is 351 g/mol. The van der Waals surface area contributed by atoms with E-state index in [1.807, 2.05) is 0 Å². The topological polar surface area (TPSA) is 9.23 Å². The summed E-state index contributed by atoms with van der Waals surface area (Å²) in [6.45, 7) is 3.31. The number of alkyl halides is 2. The van der Waals surface area contributed by atoms with Gasteiger partial charge >= 0.3 is 6.11 Å². The third-order valence-electron chi connectivity index (χ3n) is 4.16. The maximum Gasteiger partial charge on any atom is 0.383 e. The first-order valence-electron chi connectivity index (χ1n) is 8.54. The Hall–Kier alpha value is -1.95. The molecule has 0 fully saturated rings. The van der Waals surface area contributed by atoms with E-state index in [9.17, 15) is 22.0 Å². The van der Waals surface area contributed by atoms with Crippen LogP contribution in [0.15, 0.2) is 36.4 Å². The SMILES string of the molecule is CCCCCc1ccc(C(F)(F)OC(C)c2cc(F)c(F)c(F)c2)cc1. The molecule has 1 unspecified atom stereocenters. The zero-order valence-electron chi connectivity index (χ0n) is 14.7. The Balaban J connectivity index is 2.09. The molecule has 0 aromatic heterocycles. The molecule has 2 rings (SSSR count). The van der Waals surface area contributed by atoms with E-state index in [4.69, 9.17) is 4.74 Å². The van der Waals surface area contributed by atoms with Crippen LogP contribution in [0.2, 0.25) is 0 Å². The van der Waals surface area contributed by atoms with Crippen LogP contribution in [0.25, 0.3) is 0 Å². The first kappa shape index (κ1) is 20.4. The standard InChI is InChI=1S/C20H21F5O/c1-3-4-5-6-14-7-9-16(10-8-14)20(24,25)26-13(2)15-11-17(21)19(23)18(22)12-15/h7-13H,3-6H2,1-2H3. The summed E-state index contributed by atoms with van der Waals surface area (Å²) in [6.07, 6.45) is -1.04. The lowest BCUT2D eigenvalue weighted by atomic mass is 10.0. The van der Waals surface area contributed by atoms with Crippen molar-refractivity contribution >= 4 is 0 Å². The minimum Gasteiger partial charge on any atom is -0.309 e. The number of rotatable bonds is 8. The van der Waals surface area contributed by atoms with Crippen LogP contribution >= 0.6 is 0 Å². The quantitative estimate of drug-likeness (QED) is 0.286. The summed E-state index contributed by atoms with van der Waals surface area (Å²) >= 11 is 0. The lowest BCUT2D eigenvalue weighted by Gasteiger charge is -2.22. The molecule has 0 bridgehead atoms. The zero-order chi connectivity index (χ0) is 19.3. The van der Waals surface area contributed by atoms with Crippen molar-refractivity contribution < 1.29 is 26.7 Å². The molecule has 1 nitrogen and oxygen atoms in total. The smallest absolute Gasteiger partial charge is 0.309 e. The van der Waals surface area contributed by atoms with Crippen molar-refractivity contribution in [3.63, 3.8) is 0 Å². The number of hydrogen-bond donors (Lipinski definition) is 0. The molecule has 0 N–H and O–H groups in total. The molecular formula is C20H21F5O. The van der Waals surface area contributed by atoms with Gasteiger partial charge < -0.3 is 4.74 Å². The predicted octanol–water partition coefficient (Wildman–Crippen LogP) is 6.66. The van der Waals surface area contributed by atoms with Gasteiger partial charge in [-0.25, -0.2) is 13.2 Å². The maximum atomic E-state index is 14.3. The highest BCUT2D eigenvalue weighted by Crippen LogP contribution is 2.35. The second-order valence-electron chi connectivity index (χ2n) is 6.23. The number of hydrogen-bond acceptors (Lipinski definition) is 1. The van der Waals surface area contributed by atoms with Crippen molar-refractivity contribution in [2.75, 3.05) is 0 Å². The fourth-order valence-electron chi connectivity index (χ4n) is 2.61. The fraction of sp³-hybridized carbons (Fsp3) is 0.400. The largest absolute Gasteiger partial charge is 0.383 e. The van der Waals surface area contributed by atoms with Crippen LogP contribution in [0.1, 0.15) is 55.9 Å². The van der Waals surface area contributed by atoms with Gasteiger partial charge in [0, 0.05) is 0 Å². The first-order valence-corrected chi connectivity index (χ1v) is 8.54. The Morgan fingerprint density at radius 3 is 2.08 bits per heavy atom. The third-order valence-corrected chi connectivity index (χ3v) is 4.16. The molecule has 0 radical (unpaired) electrons. The molecule has 0 heterocycles. The second kappa shape index (κ2) is 8.62. The minimum atomic E-state index is -3.65. The Bertz CT molecular complexity index is 704. The Morgan fingerprint density at radius 2 is 1.54 bits per heavy atom. The van der Waals surface area contributed by atoms with Crippen molar-refractivity contribution in [1.82, 2.24) is 0 Å². The van der Waals surface area contributed by atoms with Crippen molar-refractivity contribution in [2.45, 2.75) is 51.7 Å². The van der Waals surface area contributed by atoms with Gasteiger partial charge in [-0.15, -0.1) is 0 Å². The van der Waals surface area contributed by atoms with E-state index >= 15 is 0 Å². The summed E-state index contributed by atoms with van der Waals surface area (Å²) in [4.78, 5) is 0. The molecule has 142 valence electrons. The highest BCUT2D eigenvalue weighted by Gasteiger charge is 2.35. The highest BCUT2D eigenvalue weighted by atomic mass is 19.3. The molecule has 0 aliphatic carbocycles. The summed E-state index contributed by atoms with van der Waals surface area (Å²) in [7, 11) is 0. The first-order chi connectivity index (χ1) is 12.2. The van der Waals surface area contributed by atoms with E-state index in [1.54, 1.807) is 12.1 Å². The van der Waals surface area contributed by atoms with Crippen molar-refractivity contribution in [3.8, 4) is 0 Å². The number of halogens is 5. The predicted molar refractivity (Wildman–Crippen MR) is 89.4 cm³/mol. The van der Waals surface area contributed by atoms with Gasteiger partial charge in [-0.2, -0.15) is 8.78 Å². The van der Waals surface area contributed by atoms with Crippen molar-refractivity contribution in [2.24, 2.45) is 0 Å². The molecule has 26 heavy (non-hydrogen) atoms. The summed E-state index contributed by atoms with van der Waals surface area (Å²) < 4.78 is 72.9. The van der Waals surface area contributed by atoms with E-state index in [2.05, 4.69) is 6.92 Å². The van der Waals surface area contributed by atoms with Crippen molar-refractivity contribution in [3.05, 3.63) is 70.5 Å². The summed E-state index contributed by atoms with van der Waals surface area (Å²) in [5, 5.41) is 0. The maximum absolute atomic E-state index is 14.3. The van der Waals surface area contributed by atoms with E-state index in [0.717, 1.165) is 31.2 Å². The highest BCUT2D eigenvalue weighted by molar-refractivity contribution is 5.26. The van der Waals surface area contributed by atoms with Gasteiger partial charge in [0.1, 0.15) is 0 Å². The molecule has 2 aromatic rings. The number of benzene rings is 2. The van der Waals surface area contributed by atoms with Crippen LogP contribution in [-0.4, -0.2) is 0 Å². The van der Waals surface area contributed by atoms with Gasteiger partial charge in [-0.1, -0.05) is 44.0 Å². The normalized spacial score (nSPS) is 13.0. The van der Waals surface area contributed by atoms with Crippen LogP contribution in [-0.2, 0) is 17.3 Å². The summed E-state index contributed by atoms with van der Waals surface area (Å²) in [5.74, 6) is -4.54. The van der Waals surface area contributed by atoms with E-state index in [1.165, 1.54) is 19.1 Å². The summed E-state index contributed by atoms with van der Waals surface area (Å²) in [6, 6.07) is 7.08. The molecule has 6 heteroatoms. The Kier molecular flexibility index (Phi) is 6.75. The van der Waals surface area contributed by atoms with Gasteiger partial charge in [-0.3, -0.25) is 0 Å². The number of ether oxygens (including phenoxy) is 1. The van der Waals surface area contributed by atoms with Crippen LogP contribution in [0.3, 0.4) is 0 Å². The Labute approximate surface area is 149 Å². The molecule has 0 spiro atoms. The molecule has 0 aliphatic rings. The monoisotopic (exact) mass is 372 g/mol. The van der Waals surface area contributed by atoms with Gasteiger partial charge in [0.2, 0.25) is 0 Å². The molecule has 0 amide bonds. The van der Waals surface area contributed by atoms with E-state index in [-0.39, 0.29) is 11.1 Å². The fourth-order valence-corrected chi connectivity index (χ4v) is 2.61. The second-order valence-corrected chi connectivity index (χ2v) is 6.23. The van der Waals surface area contributed by atoms with E-state index < -0.39 is 29.7 Å². The van der Waals surface area contributed by atoms with Crippen LogP contribution in [0, 0.1) is 17.5 Å². The van der Waals surface area contributed by atoms with Crippen LogP contribution < -0.4 is 0 Å². The van der Waals surface area contributed by atoms with Gasteiger partial charge in [0.25, 0.3) is 0 Å². The van der Waals surface area contributed by atoms with Gasteiger partial charge in [0.15, 0.2) is 17.5 Å². The van der Waals surface area contributed by atoms with E-state index in [0.29, 0.717) is 12.1 Å². The average molecular weight is 372 g/mol.